The first kappa shape index (κ1) is 12.4. The lowest BCUT2D eigenvalue weighted by molar-refractivity contribution is 0.816. The van der Waals surface area contributed by atoms with Crippen LogP contribution < -0.4 is 10.6 Å². The smallest absolute Gasteiger partial charge is 0.151 e. The molecule has 0 aliphatic carbocycles. The van der Waals surface area contributed by atoms with Crippen molar-refractivity contribution in [2.45, 2.75) is 13.0 Å². The van der Waals surface area contributed by atoms with Crippen LogP contribution in [0.25, 0.3) is 0 Å². The zero-order valence-electron chi connectivity index (χ0n) is 10.5. The third-order valence-electron chi connectivity index (χ3n) is 2.74. The highest BCUT2D eigenvalue weighted by Gasteiger charge is 2.08. The van der Waals surface area contributed by atoms with Crippen molar-refractivity contribution in [3.8, 4) is 0 Å². The van der Waals surface area contributed by atoms with Crippen LogP contribution in [-0.4, -0.2) is 28.5 Å². The Morgan fingerprint density at radius 2 is 1.94 bits per heavy atom. The van der Waals surface area contributed by atoms with Gasteiger partial charge < -0.3 is 10.6 Å². The van der Waals surface area contributed by atoms with Gasteiger partial charge >= 0.3 is 0 Å². The second kappa shape index (κ2) is 6.07. The van der Waals surface area contributed by atoms with E-state index in [1.165, 1.54) is 0 Å². The molecule has 0 bridgehead atoms. The second-order valence-electron chi connectivity index (χ2n) is 4.02. The van der Waals surface area contributed by atoms with E-state index in [0.29, 0.717) is 6.54 Å². The van der Waals surface area contributed by atoms with Crippen molar-refractivity contribution in [1.82, 2.24) is 15.0 Å². The summed E-state index contributed by atoms with van der Waals surface area (Å²) in [7, 11) is 1.99. The van der Waals surface area contributed by atoms with Gasteiger partial charge in [-0.15, -0.1) is 0 Å². The summed E-state index contributed by atoms with van der Waals surface area (Å²) in [4.78, 5) is 14.9. The predicted octanol–water partition coefficient (Wildman–Crippen LogP) is 1.01. The summed E-state index contributed by atoms with van der Waals surface area (Å²) in [6.45, 7) is 1.24. The molecule has 0 amide bonds. The Morgan fingerprint density at radius 3 is 2.67 bits per heavy atom. The summed E-state index contributed by atoms with van der Waals surface area (Å²) in [6.07, 6.45) is 6.03. The largest absolute Gasteiger partial charge is 0.358 e. The molecule has 2 aromatic rings. The van der Waals surface area contributed by atoms with Gasteiger partial charge in [-0.1, -0.05) is 6.07 Å². The molecule has 2 aromatic heterocycles. The van der Waals surface area contributed by atoms with Gasteiger partial charge in [0.1, 0.15) is 0 Å². The van der Waals surface area contributed by atoms with Crippen LogP contribution in [0.3, 0.4) is 0 Å². The molecule has 0 saturated heterocycles. The fourth-order valence-electron chi connectivity index (χ4n) is 1.76. The molecule has 2 rings (SSSR count). The second-order valence-corrected chi connectivity index (χ2v) is 4.02. The van der Waals surface area contributed by atoms with Gasteiger partial charge in [-0.2, -0.15) is 0 Å². The highest BCUT2D eigenvalue weighted by molar-refractivity contribution is 5.42. The number of likely N-dealkylation sites (N-methyl/N-ethyl adjacent to an activating group) is 1. The third kappa shape index (κ3) is 3.01. The Bertz CT molecular complexity index is 486. The SMILES string of the molecule is CN(CCc1ccccn1)c1nccnc1CN. The molecule has 2 heterocycles. The number of nitrogens with zero attached hydrogens (tertiary/aromatic N) is 4. The monoisotopic (exact) mass is 243 g/mol. The van der Waals surface area contributed by atoms with Crippen molar-refractivity contribution in [3.05, 3.63) is 48.2 Å². The van der Waals surface area contributed by atoms with E-state index >= 15 is 0 Å². The van der Waals surface area contributed by atoms with Crippen LogP contribution in [0.4, 0.5) is 5.82 Å². The van der Waals surface area contributed by atoms with E-state index in [-0.39, 0.29) is 0 Å². The maximum absolute atomic E-state index is 5.65. The number of pyridine rings is 1. The molecular formula is C13H17N5. The zero-order valence-corrected chi connectivity index (χ0v) is 10.5. The Hall–Kier alpha value is -2.01. The topological polar surface area (TPSA) is 67.9 Å². The molecule has 94 valence electrons. The molecule has 5 heteroatoms. The summed E-state index contributed by atoms with van der Waals surface area (Å²) in [5, 5.41) is 0. The van der Waals surface area contributed by atoms with E-state index in [1.54, 1.807) is 12.4 Å². The predicted molar refractivity (Wildman–Crippen MR) is 71.1 cm³/mol. The molecule has 0 aliphatic rings. The highest BCUT2D eigenvalue weighted by atomic mass is 15.2. The summed E-state index contributed by atoms with van der Waals surface area (Å²) in [5.74, 6) is 0.843. The third-order valence-corrected chi connectivity index (χ3v) is 2.74. The minimum Gasteiger partial charge on any atom is -0.358 e. The van der Waals surface area contributed by atoms with Gasteiger partial charge in [0.15, 0.2) is 5.82 Å². The van der Waals surface area contributed by atoms with E-state index in [4.69, 9.17) is 5.73 Å². The first-order valence-corrected chi connectivity index (χ1v) is 5.92. The van der Waals surface area contributed by atoms with Crippen molar-refractivity contribution in [1.29, 1.82) is 0 Å². The molecule has 5 nitrogen and oxygen atoms in total. The Balaban J connectivity index is 2.01. The van der Waals surface area contributed by atoms with Crippen molar-refractivity contribution in [2.24, 2.45) is 5.73 Å². The Labute approximate surface area is 107 Å². The van der Waals surface area contributed by atoms with Crippen molar-refractivity contribution < 1.29 is 0 Å². The van der Waals surface area contributed by atoms with Crippen molar-refractivity contribution in [2.75, 3.05) is 18.5 Å². The molecule has 2 N–H and O–H groups in total. The van der Waals surface area contributed by atoms with Crippen LogP contribution in [0.15, 0.2) is 36.8 Å². The average Bonchev–Trinajstić information content (AvgIpc) is 2.45. The summed E-state index contributed by atoms with van der Waals surface area (Å²) in [5.41, 5.74) is 7.55. The van der Waals surface area contributed by atoms with E-state index in [0.717, 1.165) is 30.2 Å². The van der Waals surface area contributed by atoms with Crippen LogP contribution in [-0.2, 0) is 13.0 Å². The normalized spacial score (nSPS) is 10.3. The van der Waals surface area contributed by atoms with Crippen LogP contribution in [0.1, 0.15) is 11.4 Å². The molecular weight excluding hydrogens is 226 g/mol. The van der Waals surface area contributed by atoms with Gasteiger partial charge in [-0.25, -0.2) is 4.98 Å². The van der Waals surface area contributed by atoms with Crippen molar-refractivity contribution in [3.63, 3.8) is 0 Å². The number of anilines is 1. The summed E-state index contributed by atoms with van der Waals surface area (Å²) in [6, 6.07) is 5.94. The fraction of sp³-hybridized carbons (Fsp3) is 0.308. The Morgan fingerprint density at radius 1 is 1.11 bits per heavy atom. The van der Waals surface area contributed by atoms with E-state index < -0.39 is 0 Å². The number of hydrogen-bond donors (Lipinski definition) is 1. The van der Waals surface area contributed by atoms with Gasteiger partial charge in [-0.05, 0) is 12.1 Å². The molecule has 0 aliphatic heterocycles. The number of rotatable bonds is 5. The maximum atomic E-state index is 5.65. The zero-order chi connectivity index (χ0) is 12.8. The number of aromatic nitrogens is 3. The minimum absolute atomic E-state index is 0.400. The molecule has 0 fully saturated rings. The van der Waals surface area contributed by atoms with Gasteiger partial charge in [0.05, 0.1) is 5.69 Å². The first-order valence-electron chi connectivity index (χ1n) is 5.92. The summed E-state index contributed by atoms with van der Waals surface area (Å²) >= 11 is 0. The molecule has 0 atom stereocenters. The molecule has 0 radical (unpaired) electrons. The lowest BCUT2D eigenvalue weighted by Crippen LogP contribution is -2.24. The molecule has 18 heavy (non-hydrogen) atoms. The van der Waals surface area contributed by atoms with E-state index in [2.05, 4.69) is 19.9 Å². The molecule has 0 aromatic carbocycles. The van der Waals surface area contributed by atoms with E-state index in [9.17, 15) is 0 Å². The van der Waals surface area contributed by atoms with Gasteiger partial charge in [0.25, 0.3) is 0 Å². The quantitative estimate of drug-likeness (QED) is 0.848. The molecule has 0 unspecified atom stereocenters. The highest BCUT2D eigenvalue weighted by Crippen LogP contribution is 2.12. The summed E-state index contributed by atoms with van der Waals surface area (Å²) < 4.78 is 0. The molecule has 0 saturated carbocycles. The van der Waals surface area contributed by atoms with E-state index in [1.807, 2.05) is 31.4 Å². The lowest BCUT2D eigenvalue weighted by atomic mass is 10.2. The average molecular weight is 243 g/mol. The maximum Gasteiger partial charge on any atom is 0.151 e. The van der Waals surface area contributed by atoms with Crippen LogP contribution in [0.2, 0.25) is 0 Å². The number of hydrogen-bond acceptors (Lipinski definition) is 5. The molecule has 0 spiro atoms. The lowest BCUT2D eigenvalue weighted by Gasteiger charge is -2.19. The minimum atomic E-state index is 0.400. The van der Waals surface area contributed by atoms with Gasteiger partial charge in [-0.3, -0.25) is 9.97 Å². The fourth-order valence-corrected chi connectivity index (χ4v) is 1.76. The van der Waals surface area contributed by atoms with Crippen molar-refractivity contribution >= 4 is 5.82 Å². The van der Waals surface area contributed by atoms with Crippen LogP contribution >= 0.6 is 0 Å². The first-order chi connectivity index (χ1) is 8.81. The van der Waals surface area contributed by atoms with Crippen LogP contribution in [0.5, 0.6) is 0 Å². The standard InChI is InChI=1S/C13H17N5/c1-18(9-5-11-4-2-3-6-15-11)13-12(10-14)16-7-8-17-13/h2-4,6-8H,5,9-10,14H2,1H3. The Kier molecular flexibility index (Phi) is 4.20. The van der Waals surface area contributed by atoms with Gasteiger partial charge in [0, 0.05) is 50.8 Å². The van der Waals surface area contributed by atoms with Crippen LogP contribution in [0, 0.1) is 0 Å². The van der Waals surface area contributed by atoms with Gasteiger partial charge in [0.2, 0.25) is 0 Å². The number of nitrogens with two attached hydrogens (primary N) is 1.